The molecule has 0 aliphatic heterocycles. The number of carbonyl (C=O) groups is 1. The third kappa shape index (κ3) is 2.95. The van der Waals surface area contributed by atoms with E-state index in [9.17, 15) is 9.90 Å². The van der Waals surface area contributed by atoms with Crippen molar-refractivity contribution in [1.29, 1.82) is 0 Å². The molecule has 7 heteroatoms. The summed E-state index contributed by atoms with van der Waals surface area (Å²) in [6.45, 7) is 1.92. The van der Waals surface area contributed by atoms with Crippen LogP contribution in [0.15, 0.2) is 51.1 Å². The predicted molar refractivity (Wildman–Crippen MR) is 92.1 cm³/mol. The van der Waals surface area contributed by atoms with Crippen LogP contribution in [0, 0.1) is 6.92 Å². The van der Waals surface area contributed by atoms with Gasteiger partial charge >= 0.3 is 0 Å². The van der Waals surface area contributed by atoms with Crippen LogP contribution >= 0.6 is 15.9 Å². The number of rotatable bonds is 2. The molecule has 0 spiro atoms. The van der Waals surface area contributed by atoms with Gasteiger partial charge in [-0.05, 0) is 48.9 Å². The zero-order valence-electron chi connectivity index (χ0n) is 12.2. The number of H-pyrrole nitrogens is 1. The van der Waals surface area contributed by atoms with Gasteiger partial charge in [-0.3, -0.25) is 4.79 Å². The van der Waals surface area contributed by atoms with Crippen LogP contribution in [0.2, 0.25) is 0 Å². The van der Waals surface area contributed by atoms with E-state index in [4.69, 9.17) is 5.73 Å². The number of aromatic nitrogens is 1. The van der Waals surface area contributed by atoms with Gasteiger partial charge in [0.1, 0.15) is 0 Å². The first-order chi connectivity index (χ1) is 11.0. The number of nitrogen functional groups attached to an aromatic ring is 1. The third-order valence-corrected chi connectivity index (χ3v) is 4.28. The van der Waals surface area contributed by atoms with Crippen molar-refractivity contribution < 1.29 is 9.90 Å². The van der Waals surface area contributed by atoms with E-state index in [1.54, 1.807) is 24.3 Å². The van der Waals surface area contributed by atoms with E-state index in [0.29, 0.717) is 22.2 Å². The lowest BCUT2D eigenvalue weighted by atomic mass is 10.1. The Morgan fingerprint density at radius 1 is 1.26 bits per heavy atom. The quantitative estimate of drug-likeness (QED) is 0.457. The molecule has 0 unspecified atom stereocenters. The maximum Gasteiger partial charge on any atom is 0.295 e. The second kappa shape index (κ2) is 5.85. The number of fused-ring (bicyclic) bond motifs is 1. The Morgan fingerprint density at radius 2 is 1.96 bits per heavy atom. The number of nitrogens with zero attached hydrogens (tertiary/aromatic N) is 2. The molecule has 0 saturated heterocycles. The molecular formula is C16H13BrN4O2. The number of carbonyl (C=O) groups excluding carboxylic acids is 1. The van der Waals surface area contributed by atoms with Crippen LogP contribution < -0.4 is 5.73 Å². The molecule has 3 rings (SSSR count). The minimum absolute atomic E-state index is 0.133. The fourth-order valence-corrected chi connectivity index (χ4v) is 2.52. The Hall–Kier alpha value is -2.67. The first kappa shape index (κ1) is 15.2. The van der Waals surface area contributed by atoms with Crippen molar-refractivity contribution in [1.82, 2.24) is 4.98 Å². The number of hydrogen-bond donors (Lipinski definition) is 3. The second-order valence-corrected chi connectivity index (χ2v) is 5.95. The van der Waals surface area contributed by atoms with E-state index >= 15 is 0 Å². The molecular weight excluding hydrogens is 360 g/mol. The molecule has 0 aliphatic carbocycles. The number of benzene rings is 2. The van der Waals surface area contributed by atoms with Gasteiger partial charge in [0.05, 0.1) is 5.52 Å². The highest BCUT2D eigenvalue weighted by atomic mass is 79.9. The van der Waals surface area contributed by atoms with Gasteiger partial charge in [0.2, 0.25) is 5.88 Å². The van der Waals surface area contributed by atoms with Gasteiger partial charge in [-0.15, -0.1) is 10.2 Å². The molecule has 2 aromatic carbocycles. The summed E-state index contributed by atoms with van der Waals surface area (Å²) in [7, 11) is 0. The minimum Gasteiger partial charge on any atom is -0.493 e. The lowest BCUT2D eigenvalue weighted by molar-refractivity contribution is 0.0995. The number of aromatic amines is 1. The van der Waals surface area contributed by atoms with Crippen LogP contribution in [0.3, 0.4) is 0 Å². The van der Waals surface area contributed by atoms with Gasteiger partial charge in [0.25, 0.3) is 5.91 Å². The normalized spacial score (nSPS) is 11.4. The maximum atomic E-state index is 12.0. The van der Waals surface area contributed by atoms with Crippen LogP contribution in [-0.2, 0) is 0 Å². The van der Waals surface area contributed by atoms with E-state index in [1.165, 1.54) is 0 Å². The molecule has 0 fully saturated rings. The Kier molecular flexibility index (Phi) is 3.87. The summed E-state index contributed by atoms with van der Waals surface area (Å²) in [6.07, 6.45) is 0. The first-order valence-corrected chi connectivity index (χ1v) is 7.57. The standard InChI is InChI=1S/C16H13BrN4O2/c1-8-6-11-13(7-12(8)17)19-16(23)14(11)20-21-15(22)9-2-4-10(18)5-3-9/h2-7,19,23H,18H2,1H3. The van der Waals surface area contributed by atoms with E-state index < -0.39 is 5.91 Å². The molecule has 1 aromatic heterocycles. The van der Waals surface area contributed by atoms with Crippen molar-refractivity contribution >= 4 is 44.1 Å². The van der Waals surface area contributed by atoms with Crippen molar-refractivity contribution in [2.75, 3.05) is 5.73 Å². The average molecular weight is 373 g/mol. The Labute approximate surface area is 140 Å². The summed E-state index contributed by atoms with van der Waals surface area (Å²) in [6, 6.07) is 10.1. The number of halogens is 1. The molecule has 23 heavy (non-hydrogen) atoms. The lowest BCUT2D eigenvalue weighted by Crippen LogP contribution is -1.94. The van der Waals surface area contributed by atoms with Crippen molar-refractivity contribution in [3.05, 3.63) is 52.0 Å². The first-order valence-electron chi connectivity index (χ1n) is 6.78. The smallest absolute Gasteiger partial charge is 0.295 e. The average Bonchev–Trinajstić information content (AvgIpc) is 2.81. The maximum absolute atomic E-state index is 12.0. The summed E-state index contributed by atoms with van der Waals surface area (Å²) in [5.41, 5.74) is 8.44. The number of nitrogens with one attached hydrogen (secondary N) is 1. The molecule has 4 N–H and O–H groups in total. The van der Waals surface area contributed by atoms with E-state index in [2.05, 4.69) is 31.1 Å². The number of aryl methyl sites for hydroxylation is 1. The number of hydrogen-bond acceptors (Lipinski definition) is 4. The number of amides is 1. The molecule has 0 atom stereocenters. The zero-order valence-corrected chi connectivity index (χ0v) is 13.8. The van der Waals surface area contributed by atoms with Gasteiger partial charge in [-0.25, -0.2) is 0 Å². The monoisotopic (exact) mass is 372 g/mol. The Bertz CT molecular complexity index is 929. The molecule has 6 nitrogen and oxygen atoms in total. The van der Waals surface area contributed by atoms with Gasteiger partial charge in [0, 0.05) is 21.1 Å². The van der Waals surface area contributed by atoms with Crippen LogP contribution in [0.1, 0.15) is 15.9 Å². The fourth-order valence-electron chi connectivity index (χ4n) is 2.18. The van der Waals surface area contributed by atoms with Gasteiger partial charge in [-0.2, -0.15) is 0 Å². The third-order valence-electron chi connectivity index (χ3n) is 3.43. The summed E-state index contributed by atoms with van der Waals surface area (Å²) in [5.74, 6) is -0.640. The van der Waals surface area contributed by atoms with Gasteiger partial charge in [-0.1, -0.05) is 15.9 Å². The van der Waals surface area contributed by atoms with Crippen molar-refractivity contribution in [2.45, 2.75) is 6.92 Å². The van der Waals surface area contributed by atoms with Crippen LogP contribution in [-0.4, -0.2) is 16.0 Å². The van der Waals surface area contributed by atoms with Crippen molar-refractivity contribution in [2.24, 2.45) is 10.2 Å². The molecule has 0 aliphatic rings. The largest absolute Gasteiger partial charge is 0.493 e. The summed E-state index contributed by atoms with van der Waals surface area (Å²) >= 11 is 3.43. The molecule has 3 aromatic rings. The zero-order chi connectivity index (χ0) is 16.6. The van der Waals surface area contributed by atoms with E-state index in [1.807, 2.05) is 19.1 Å². The van der Waals surface area contributed by atoms with E-state index in [0.717, 1.165) is 10.0 Å². The molecule has 116 valence electrons. The molecule has 1 amide bonds. The van der Waals surface area contributed by atoms with Crippen molar-refractivity contribution in [3.63, 3.8) is 0 Å². The SMILES string of the molecule is Cc1cc2c(N=NC(=O)c3ccc(N)cc3)c(O)[nH]c2cc1Br. The fraction of sp³-hybridized carbons (Fsp3) is 0.0625. The minimum atomic E-state index is -0.507. The molecule has 1 heterocycles. The lowest BCUT2D eigenvalue weighted by Gasteiger charge is -1.98. The molecule has 0 bridgehead atoms. The molecule has 0 saturated carbocycles. The highest BCUT2D eigenvalue weighted by Gasteiger charge is 2.13. The van der Waals surface area contributed by atoms with Gasteiger partial charge < -0.3 is 15.8 Å². The molecule has 0 radical (unpaired) electrons. The number of azo groups is 1. The summed E-state index contributed by atoms with van der Waals surface area (Å²) in [5, 5.41) is 18.3. The van der Waals surface area contributed by atoms with Crippen LogP contribution in [0.5, 0.6) is 5.88 Å². The van der Waals surface area contributed by atoms with Gasteiger partial charge in [0.15, 0.2) is 5.69 Å². The van der Waals surface area contributed by atoms with Crippen LogP contribution in [0.4, 0.5) is 11.4 Å². The Morgan fingerprint density at radius 3 is 2.65 bits per heavy atom. The number of nitrogens with two attached hydrogens (primary N) is 1. The highest BCUT2D eigenvalue weighted by Crippen LogP contribution is 2.37. The predicted octanol–water partition coefficient (Wildman–Crippen LogP) is 4.45. The Balaban J connectivity index is 1.97. The number of aromatic hydroxyl groups is 1. The van der Waals surface area contributed by atoms with Crippen molar-refractivity contribution in [3.8, 4) is 5.88 Å². The van der Waals surface area contributed by atoms with Crippen LogP contribution in [0.25, 0.3) is 10.9 Å². The number of anilines is 1. The van der Waals surface area contributed by atoms with E-state index in [-0.39, 0.29) is 11.6 Å². The summed E-state index contributed by atoms with van der Waals surface area (Å²) in [4.78, 5) is 14.8. The highest BCUT2D eigenvalue weighted by molar-refractivity contribution is 9.10. The second-order valence-electron chi connectivity index (χ2n) is 5.10. The summed E-state index contributed by atoms with van der Waals surface area (Å²) < 4.78 is 0.910. The topological polar surface area (TPSA) is 104 Å².